The van der Waals surface area contributed by atoms with Crippen molar-refractivity contribution in [1.29, 1.82) is 0 Å². The molecule has 2 saturated heterocycles. The van der Waals surface area contributed by atoms with Gasteiger partial charge in [-0.15, -0.1) is 0 Å². The number of aliphatic hydroxyl groups is 1. The van der Waals surface area contributed by atoms with Gasteiger partial charge in [0.15, 0.2) is 0 Å². The van der Waals surface area contributed by atoms with E-state index in [1.165, 1.54) is 5.56 Å². The van der Waals surface area contributed by atoms with Crippen LogP contribution in [-0.2, 0) is 6.54 Å². The highest BCUT2D eigenvalue weighted by molar-refractivity contribution is 5.74. The highest BCUT2D eigenvalue weighted by Gasteiger charge is 2.24. The number of likely N-dealkylation sites (tertiary alicyclic amines) is 2. The summed E-state index contributed by atoms with van der Waals surface area (Å²) in [6.45, 7) is 5.70. The number of rotatable bonds is 5. The van der Waals surface area contributed by atoms with Crippen molar-refractivity contribution in [2.24, 2.45) is 11.8 Å². The molecule has 2 N–H and O–H groups in total. The molecule has 0 bridgehead atoms. The molecule has 2 amide bonds. The van der Waals surface area contributed by atoms with Crippen LogP contribution >= 0.6 is 0 Å². The molecule has 0 aromatic heterocycles. The van der Waals surface area contributed by atoms with Gasteiger partial charge in [-0.1, -0.05) is 30.3 Å². The minimum absolute atomic E-state index is 0.0462. The number of nitrogens with zero attached hydrogens (tertiary/aromatic N) is 2. The summed E-state index contributed by atoms with van der Waals surface area (Å²) in [5, 5.41) is 12.4. The molecule has 5 nitrogen and oxygen atoms in total. The van der Waals surface area contributed by atoms with Gasteiger partial charge < -0.3 is 15.3 Å². The van der Waals surface area contributed by atoms with E-state index in [4.69, 9.17) is 0 Å². The van der Waals surface area contributed by atoms with E-state index >= 15 is 0 Å². The average Bonchev–Trinajstić information content (AvgIpc) is 2.68. The van der Waals surface area contributed by atoms with Crippen LogP contribution in [0.3, 0.4) is 0 Å². The molecule has 2 aliphatic heterocycles. The fourth-order valence-electron chi connectivity index (χ4n) is 3.93. The molecule has 0 radical (unpaired) electrons. The highest BCUT2D eigenvalue weighted by Crippen LogP contribution is 2.19. The zero-order valence-corrected chi connectivity index (χ0v) is 15.1. The molecule has 3 rings (SSSR count). The molecule has 1 aromatic carbocycles. The van der Waals surface area contributed by atoms with Crippen LogP contribution in [0.5, 0.6) is 0 Å². The maximum atomic E-state index is 12.3. The van der Waals surface area contributed by atoms with Gasteiger partial charge in [-0.2, -0.15) is 0 Å². The Kier molecular flexibility index (Phi) is 6.70. The molecule has 1 atom stereocenters. The van der Waals surface area contributed by atoms with Crippen LogP contribution in [0.15, 0.2) is 30.3 Å². The number of hydrogen-bond donors (Lipinski definition) is 2. The maximum absolute atomic E-state index is 12.3. The molecule has 2 heterocycles. The zero-order valence-electron chi connectivity index (χ0n) is 15.1. The van der Waals surface area contributed by atoms with E-state index in [-0.39, 0.29) is 18.6 Å². The van der Waals surface area contributed by atoms with Gasteiger partial charge in [-0.3, -0.25) is 4.90 Å². The van der Waals surface area contributed by atoms with E-state index in [1.807, 2.05) is 4.90 Å². The van der Waals surface area contributed by atoms with Crippen molar-refractivity contribution >= 4 is 6.03 Å². The summed E-state index contributed by atoms with van der Waals surface area (Å²) >= 11 is 0. The number of urea groups is 1. The first kappa shape index (κ1) is 18.2. The SMILES string of the molecule is O=C(NCC1CCN(Cc2ccccc2)CC1)N1CCC[C@H](CO)C1. The monoisotopic (exact) mass is 345 g/mol. The topological polar surface area (TPSA) is 55.8 Å². The molecular weight excluding hydrogens is 314 g/mol. The van der Waals surface area contributed by atoms with E-state index in [0.717, 1.165) is 58.4 Å². The van der Waals surface area contributed by atoms with Gasteiger partial charge >= 0.3 is 6.03 Å². The van der Waals surface area contributed by atoms with Crippen molar-refractivity contribution in [2.45, 2.75) is 32.2 Å². The lowest BCUT2D eigenvalue weighted by atomic mass is 9.96. The molecule has 0 saturated carbocycles. The number of carbonyl (C=O) groups excluding carboxylic acids is 1. The van der Waals surface area contributed by atoms with E-state index < -0.39 is 0 Å². The van der Waals surface area contributed by atoms with Crippen molar-refractivity contribution in [2.75, 3.05) is 39.3 Å². The van der Waals surface area contributed by atoms with Crippen LogP contribution in [0.4, 0.5) is 4.79 Å². The molecule has 1 aromatic rings. The second kappa shape index (κ2) is 9.20. The summed E-state index contributed by atoms with van der Waals surface area (Å²) in [7, 11) is 0. The third kappa shape index (κ3) is 5.44. The number of benzene rings is 1. The number of aliphatic hydroxyl groups excluding tert-OH is 1. The van der Waals surface area contributed by atoms with Crippen LogP contribution in [-0.4, -0.2) is 60.3 Å². The number of piperidine rings is 2. The van der Waals surface area contributed by atoms with Gasteiger partial charge in [0.25, 0.3) is 0 Å². The molecule has 0 unspecified atom stereocenters. The molecule has 2 aliphatic rings. The second-order valence-corrected chi connectivity index (χ2v) is 7.53. The standard InChI is InChI=1S/C20H31N3O2/c24-16-19-7-4-10-23(15-19)20(25)21-13-17-8-11-22(12-9-17)14-18-5-2-1-3-6-18/h1-3,5-6,17,19,24H,4,7-16H2,(H,21,25)/t19-/m0/s1. The van der Waals surface area contributed by atoms with Gasteiger partial charge in [-0.05, 0) is 56.2 Å². The van der Waals surface area contributed by atoms with Gasteiger partial charge in [0, 0.05) is 32.8 Å². The third-order valence-corrected chi connectivity index (χ3v) is 5.56. The number of amides is 2. The normalized spacial score (nSPS) is 22.8. The van der Waals surface area contributed by atoms with Gasteiger partial charge in [0.05, 0.1) is 0 Å². The Hall–Kier alpha value is -1.59. The summed E-state index contributed by atoms with van der Waals surface area (Å²) in [6.07, 6.45) is 4.31. The largest absolute Gasteiger partial charge is 0.396 e. The molecule has 2 fully saturated rings. The summed E-state index contributed by atoms with van der Waals surface area (Å²) in [5.74, 6) is 0.829. The van der Waals surface area contributed by atoms with Crippen LogP contribution in [0.1, 0.15) is 31.2 Å². The summed E-state index contributed by atoms with van der Waals surface area (Å²) in [5.41, 5.74) is 1.37. The third-order valence-electron chi connectivity index (χ3n) is 5.56. The predicted molar refractivity (Wildman–Crippen MR) is 99.2 cm³/mol. The van der Waals surface area contributed by atoms with E-state index in [1.54, 1.807) is 0 Å². The molecule has 25 heavy (non-hydrogen) atoms. The minimum atomic E-state index is 0.0462. The Balaban J connectivity index is 1.35. The summed E-state index contributed by atoms with van der Waals surface area (Å²) in [6, 6.07) is 10.7. The fourth-order valence-corrected chi connectivity index (χ4v) is 3.93. The van der Waals surface area contributed by atoms with Gasteiger partial charge in [0.2, 0.25) is 0 Å². The summed E-state index contributed by atoms with van der Waals surface area (Å²) in [4.78, 5) is 16.7. The highest BCUT2D eigenvalue weighted by atomic mass is 16.3. The van der Waals surface area contributed by atoms with Gasteiger partial charge in [-0.25, -0.2) is 4.79 Å². The average molecular weight is 345 g/mol. The molecule has 138 valence electrons. The van der Waals surface area contributed by atoms with Crippen molar-refractivity contribution in [3.05, 3.63) is 35.9 Å². The van der Waals surface area contributed by atoms with Crippen molar-refractivity contribution in [1.82, 2.24) is 15.1 Å². The number of hydrogen-bond acceptors (Lipinski definition) is 3. The number of nitrogens with one attached hydrogen (secondary N) is 1. The lowest BCUT2D eigenvalue weighted by Gasteiger charge is -2.34. The van der Waals surface area contributed by atoms with Crippen LogP contribution < -0.4 is 5.32 Å². The van der Waals surface area contributed by atoms with Crippen LogP contribution in [0, 0.1) is 11.8 Å². The summed E-state index contributed by atoms with van der Waals surface area (Å²) < 4.78 is 0. The van der Waals surface area contributed by atoms with Gasteiger partial charge in [0.1, 0.15) is 0 Å². The Morgan fingerprint density at radius 3 is 2.56 bits per heavy atom. The smallest absolute Gasteiger partial charge is 0.317 e. The van der Waals surface area contributed by atoms with Crippen LogP contribution in [0.2, 0.25) is 0 Å². The molecule has 5 heteroatoms. The lowest BCUT2D eigenvalue weighted by Crippen LogP contribution is -2.48. The van der Waals surface area contributed by atoms with E-state index in [0.29, 0.717) is 12.5 Å². The fraction of sp³-hybridized carbons (Fsp3) is 0.650. The Bertz CT molecular complexity index is 529. The van der Waals surface area contributed by atoms with Crippen molar-refractivity contribution in [3.8, 4) is 0 Å². The van der Waals surface area contributed by atoms with Crippen LogP contribution in [0.25, 0.3) is 0 Å². The predicted octanol–water partition coefficient (Wildman–Crippen LogP) is 2.31. The van der Waals surface area contributed by atoms with Crippen molar-refractivity contribution in [3.63, 3.8) is 0 Å². The number of carbonyl (C=O) groups is 1. The molecule has 0 spiro atoms. The van der Waals surface area contributed by atoms with E-state index in [9.17, 15) is 9.90 Å². The Morgan fingerprint density at radius 2 is 1.84 bits per heavy atom. The molecular formula is C20H31N3O2. The lowest BCUT2D eigenvalue weighted by molar-refractivity contribution is 0.126. The quantitative estimate of drug-likeness (QED) is 0.861. The zero-order chi connectivity index (χ0) is 17.5. The first-order valence-electron chi connectivity index (χ1n) is 9.64. The first-order chi connectivity index (χ1) is 12.2. The minimum Gasteiger partial charge on any atom is -0.396 e. The molecule has 0 aliphatic carbocycles. The Morgan fingerprint density at radius 1 is 1.08 bits per heavy atom. The van der Waals surface area contributed by atoms with E-state index in [2.05, 4.69) is 40.5 Å². The maximum Gasteiger partial charge on any atom is 0.317 e. The van der Waals surface area contributed by atoms with Crippen molar-refractivity contribution < 1.29 is 9.90 Å². The second-order valence-electron chi connectivity index (χ2n) is 7.53. The Labute approximate surface area is 151 Å². The first-order valence-corrected chi connectivity index (χ1v) is 9.64.